The molecule has 0 amide bonds. The lowest BCUT2D eigenvalue weighted by molar-refractivity contribution is 0.930. The topological polar surface area (TPSA) is 50.7 Å². The van der Waals surface area contributed by atoms with Crippen LogP contribution in [0.1, 0.15) is 24.6 Å². The van der Waals surface area contributed by atoms with Gasteiger partial charge in [0.1, 0.15) is 11.6 Å². The minimum Gasteiger partial charge on any atom is -0.373 e. The standard InChI is InChI=1S/C13H14N4/c1-14-12-8-11(10-4-2-3-7-15-10)16-13(17-12)9-5-6-9/h2-4,7-9H,5-6H2,1H3,(H,14,16,17). The molecule has 0 bridgehead atoms. The van der Waals surface area contributed by atoms with Crippen LogP contribution < -0.4 is 5.32 Å². The number of hydrogen-bond acceptors (Lipinski definition) is 4. The molecule has 1 aliphatic carbocycles. The number of anilines is 1. The average Bonchev–Trinajstić information content (AvgIpc) is 3.23. The van der Waals surface area contributed by atoms with E-state index in [0.717, 1.165) is 23.0 Å². The summed E-state index contributed by atoms with van der Waals surface area (Å²) in [7, 11) is 1.88. The predicted molar refractivity (Wildman–Crippen MR) is 66.8 cm³/mol. The van der Waals surface area contributed by atoms with Crippen LogP contribution in [0.4, 0.5) is 5.82 Å². The molecule has 3 rings (SSSR count). The first-order chi connectivity index (χ1) is 8.36. The molecule has 17 heavy (non-hydrogen) atoms. The van der Waals surface area contributed by atoms with Crippen molar-refractivity contribution >= 4 is 5.82 Å². The van der Waals surface area contributed by atoms with Crippen LogP contribution in [0, 0.1) is 0 Å². The maximum absolute atomic E-state index is 4.60. The van der Waals surface area contributed by atoms with E-state index in [9.17, 15) is 0 Å². The molecule has 0 atom stereocenters. The minimum atomic E-state index is 0.547. The van der Waals surface area contributed by atoms with Crippen LogP contribution >= 0.6 is 0 Å². The highest BCUT2D eigenvalue weighted by atomic mass is 15.0. The highest BCUT2D eigenvalue weighted by Crippen LogP contribution is 2.39. The molecule has 2 aromatic rings. The molecule has 1 N–H and O–H groups in total. The SMILES string of the molecule is CNc1cc(-c2ccccn2)nc(C2CC2)n1. The van der Waals surface area contributed by atoms with Crippen molar-refractivity contribution in [3.05, 3.63) is 36.3 Å². The largest absolute Gasteiger partial charge is 0.373 e. The first kappa shape index (κ1) is 10.2. The van der Waals surface area contributed by atoms with Gasteiger partial charge in [0.05, 0.1) is 11.4 Å². The maximum atomic E-state index is 4.60. The second kappa shape index (κ2) is 4.13. The Kier molecular flexibility index (Phi) is 2.48. The Bertz CT molecular complexity index is 520. The summed E-state index contributed by atoms with van der Waals surface area (Å²) < 4.78 is 0. The monoisotopic (exact) mass is 226 g/mol. The van der Waals surface area contributed by atoms with Crippen LogP contribution in [0.2, 0.25) is 0 Å². The normalized spacial score (nSPS) is 14.6. The summed E-state index contributed by atoms with van der Waals surface area (Å²) in [6.45, 7) is 0. The van der Waals surface area contributed by atoms with Crippen molar-refractivity contribution in [2.24, 2.45) is 0 Å². The van der Waals surface area contributed by atoms with E-state index in [4.69, 9.17) is 0 Å². The first-order valence-electron chi connectivity index (χ1n) is 5.85. The summed E-state index contributed by atoms with van der Waals surface area (Å²) in [4.78, 5) is 13.4. The van der Waals surface area contributed by atoms with Gasteiger partial charge >= 0.3 is 0 Å². The van der Waals surface area contributed by atoms with Crippen molar-refractivity contribution in [2.75, 3.05) is 12.4 Å². The molecule has 2 heterocycles. The van der Waals surface area contributed by atoms with Gasteiger partial charge in [-0.25, -0.2) is 9.97 Å². The van der Waals surface area contributed by atoms with Crippen molar-refractivity contribution in [1.29, 1.82) is 0 Å². The highest BCUT2D eigenvalue weighted by molar-refractivity contribution is 5.58. The second-order valence-electron chi connectivity index (χ2n) is 4.24. The van der Waals surface area contributed by atoms with Gasteiger partial charge in [0.15, 0.2) is 0 Å². The number of aromatic nitrogens is 3. The Balaban J connectivity index is 2.06. The quantitative estimate of drug-likeness (QED) is 0.873. The van der Waals surface area contributed by atoms with E-state index in [1.165, 1.54) is 12.8 Å². The average molecular weight is 226 g/mol. The highest BCUT2D eigenvalue weighted by Gasteiger charge is 2.27. The van der Waals surface area contributed by atoms with Gasteiger partial charge in [0.25, 0.3) is 0 Å². The Morgan fingerprint density at radius 2 is 2.06 bits per heavy atom. The van der Waals surface area contributed by atoms with E-state index in [2.05, 4.69) is 20.3 Å². The van der Waals surface area contributed by atoms with E-state index in [1.54, 1.807) is 6.20 Å². The van der Waals surface area contributed by atoms with E-state index in [1.807, 2.05) is 31.3 Å². The fourth-order valence-electron chi connectivity index (χ4n) is 1.76. The number of nitrogens with one attached hydrogen (secondary N) is 1. The fraction of sp³-hybridized carbons (Fsp3) is 0.308. The molecule has 1 fully saturated rings. The van der Waals surface area contributed by atoms with Gasteiger partial charge in [0.2, 0.25) is 0 Å². The molecule has 4 heteroatoms. The lowest BCUT2D eigenvalue weighted by Crippen LogP contribution is -2.01. The molecule has 0 spiro atoms. The predicted octanol–water partition coefficient (Wildman–Crippen LogP) is 2.46. The Morgan fingerprint density at radius 1 is 1.18 bits per heavy atom. The minimum absolute atomic E-state index is 0.547. The summed E-state index contributed by atoms with van der Waals surface area (Å²) in [5, 5.41) is 3.08. The maximum Gasteiger partial charge on any atom is 0.134 e. The summed E-state index contributed by atoms with van der Waals surface area (Å²) in [5.74, 6) is 2.35. The summed E-state index contributed by atoms with van der Waals surface area (Å²) in [5.41, 5.74) is 1.79. The lowest BCUT2D eigenvalue weighted by atomic mass is 10.2. The molecular weight excluding hydrogens is 212 g/mol. The fourth-order valence-corrected chi connectivity index (χ4v) is 1.76. The lowest BCUT2D eigenvalue weighted by Gasteiger charge is -2.06. The third-order valence-corrected chi connectivity index (χ3v) is 2.87. The molecular formula is C13H14N4. The van der Waals surface area contributed by atoms with Gasteiger partial charge in [0, 0.05) is 25.2 Å². The third-order valence-electron chi connectivity index (χ3n) is 2.87. The van der Waals surface area contributed by atoms with Gasteiger partial charge in [-0.05, 0) is 25.0 Å². The zero-order valence-corrected chi connectivity index (χ0v) is 9.72. The first-order valence-corrected chi connectivity index (χ1v) is 5.85. The number of hydrogen-bond donors (Lipinski definition) is 1. The van der Waals surface area contributed by atoms with Crippen LogP contribution in [0.25, 0.3) is 11.4 Å². The number of rotatable bonds is 3. The van der Waals surface area contributed by atoms with Crippen molar-refractivity contribution in [2.45, 2.75) is 18.8 Å². The van der Waals surface area contributed by atoms with E-state index in [-0.39, 0.29) is 0 Å². The van der Waals surface area contributed by atoms with Crippen molar-refractivity contribution in [3.8, 4) is 11.4 Å². The van der Waals surface area contributed by atoms with Crippen LogP contribution in [0.5, 0.6) is 0 Å². The molecule has 0 unspecified atom stereocenters. The third kappa shape index (κ3) is 2.11. The smallest absolute Gasteiger partial charge is 0.134 e. The Morgan fingerprint density at radius 3 is 2.71 bits per heavy atom. The second-order valence-corrected chi connectivity index (χ2v) is 4.24. The van der Waals surface area contributed by atoms with Crippen molar-refractivity contribution in [1.82, 2.24) is 15.0 Å². The zero-order valence-electron chi connectivity index (χ0n) is 9.72. The molecule has 86 valence electrons. The molecule has 0 aliphatic heterocycles. The van der Waals surface area contributed by atoms with E-state index < -0.39 is 0 Å². The van der Waals surface area contributed by atoms with Crippen molar-refractivity contribution in [3.63, 3.8) is 0 Å². The van der Waals surface area contributed by atoms with Gasteiger partial charge in [-0.3, -0.25) is 4.98 Å². The summed E-state index contributed by atoms with van der Waals surface area (Å²) in [6.07, 6.45) is 4.19. The molecule has 1 saturated carbocycles. The Hall–Kier alpha value is -1.97. The van der Waals surface area contributed by atoms with Gasteiger partial charge in [-0.15, -0.1) is 0 Å². The van der Waals surface area contributed by atoms with Gasteiger partial charge in [-0.2, -0.15) is 0 Å². The molecule has 0 aromatic carbocycles. The molecule has 0 saturated heterocycles. The van der Waals surface area contributed by atoms with Crippen LogP contribution in [-0.2, 0) is 0 Å². The van der Waals surface area contributed by atoms with Gasteiger partial charge < -0.3 is 5.32 Å². The zero-order chi connectivity index (χ0) is 11.7. The van der Waals surface area contributed by atoms with Crippen molar-refractivity contribution < 1.29 is 0 Å². The summed E-state index contributed by atoms with van der Waals surface area (Å²) in [6, 6.07) is 7.79. The summed E-state index contributed by atoms with van der Waals surface area (Å²) >= 11 is 0. The van der Waals surface area contributed by atoms with Gasteiger partial charge in [-0.1, -0.05) is 6.07 Å². The Labute approximate surface area is 100 Å². The molecule has 0 radical (unpaired) electrons. The van der Waals surface area contributed by atoms with Crippen LogP contribution in [-0.4, -0.2) is 22.0 Å². The number of pyridine rings is 1. The molecule has 2 aromatic heterocycles. The van der Waals surface area contributed by atoms with E-state index >= 15 is 0 Å². The van der Waals surface area contributed by atoms with Crippen LogP contribution in [0.3, 0.4) is 0 Å². The van der Waals surface area contributed by atoms with Crippen LogP contribution in [0.15, 0.2) is 30.5 Å². The van der Waals surface area contributed by atoms with E-state index in [0.29, 0.717) is 5.92 Å². The number of nitrogens with zero attached hydrogens (tertiary/aromatic N) is 3. The molecule has 4 nitrogen and oxygen atoms in total. The molecule has 1 aliphatic rings.